The maximum atomic E-state index is 14.2. The largest absolute Gasteiger partial charge is 0.354 e. The van der Waals surface area contributed by atoms with Crippen LogP contribution >= 0.6 is 11.3 Å². The maximum Gasteiger partial charge on any atom is 0.224 e. The van der Waals surface area contributed by atoms with Crippen molar-refractivity contribution in [3.05, 3.63) is 34.4 Å². The van der Waals surface area contributed by atoms with Crippen molar-refractivity contribution in [1.82, 2.24) is 9.97 Å². The van der Waals surface area contributed by atoms with Gasteiger partial charge in [0.1, 0.15) is 0 Å². The summed E-state index contributed by atoms with van der Waals surface area (Å²) in [5.41, 5.74) is 0. The first-order valence-corrected chi connectivity index (χ1v) is 8.21. The average Bonchev–Trinajstić information content (AvgIpc) is 3.21. The van der Waals surface area contributed by atoms with Gasteiger partial charge < -0.3 is 10.2 Å². The van der Waals surface area contributed by atoms with E-state index in [9.17, 15) is 4.39 Å². The smallest absolute Gasteiger partial charge is 0.224 e. The molecule has 0 amide bonds. The normalized spacial score (nSPS) is 14.2. The molecule has 0 bridgehead atoms. The highest BCUT2D eigenvalue weighted by atomic mass is 32.1. The fourth-order valence-electron chi connectivity index (χ4n) is 2.22. The third kappa shape index (κ3) is 3.50. The van der Waals surface area contributed by atoms with Crippen LogP contribution in [-0.2, 0) is 6.54 Å². The Hall–Kier alpha value is -1.69. The lowest BCUT2D eigenvalue weighted by Crippen LogP contribution is -2.27. The van der Waals surface area contributed by atoms with Crippen molar-refractivity contribution in [2.45, 2.75) is 38.8 Å². The van der Waals surface area contributed by atoms with Crippen LogP contribution in [0.25, 0.3) is 0 Å². The van der Waals surface area contributed by atoms with Gasteiger partial charge in [-0.2, -0.15) is 4.98 Å². The number of thiophene rings is 1. The number of nitrogens with zero attached hydrogens (tertiary/aromatic N) is 3. The molecule has 2 aromatic rings. The highest BCUT2D eigenvalue weighted by molar-refractivity contribution is 7.09. The lowest BCUT2D eigenvalue weighted by Gasteiger charge is -2.23. The minimum absolute atomic E-state index is 0.347. The molecule has 0 saturated heterocycles. The van der Waals surface area contributed by atoms with Crippen LogP contribution in [-0.4, -0.2) is 22.6 Å². The lowest BCUT2D eigenvalue weighted by atomic mass is 10.3. The van der Waals surface area contributed by atoms with Gasteiger partial charge in [0.15, 0.2) is 11.6 Å². The summed E-state index contributed by atoms with van der Waals surface area (Å²) in [5.74, 6) is 0.574. The predicted molar refractivity (Wildman–Crippen MR) is 84.3 cm³/mol. The molecule has 6 heteroatoms. The molecule has 0 aliphatic heterocycles. The number of hydrogen-bond donors (Lipinski definition) is 1. The van der Waals surface area contributed by atoms with Crippen LogP contribution in [0.2, 0.25) is 0 Å². The second-order valence-electron chi connectivity index (χ2n) is 5.23. The summed E-state index contributed by atoms with van der Waals surface area (Å²) < 4.78 is 14.2. The van der Waals surface area contributed by atoms with Crippen molar-refractivity contribution >= 4 is 23.1 Å². The summed E-state index contributed by atoms with van der Waals surface area (Å²) in [5, 5.41) is 5.17. The van der Waals surface area contributed by atoms with E-state index in [0.717, 1.165) is 25.8 Å². The first kappa shape index (κ1) is 14.3. The second-order valence-corrected chi connectivity index (χ2v) is 6.26. The molecule has 4 nitrogen and oxygen atoms in total. The van der Waals surface area contributed by atoms with Crippen LogP contribution in [0.3, 0.4) is 0 Å². The summed E-state index contributed by atoms with van der Waals surface area (Å²) in [4.78, 5) is 11.7. The molecule has 0 atom stereocenters. The molecule has 0 radical (unpaired) electrons. The highest BCUT2D eigenvalue weighted by Gasteiger charge is 2.32. The number of nitrogens with one attached hydrogen (secondary N) is 1. The highest BCUT2D eigenvalue weighted by Crippen LogP contribution is 2.34. The number of anilines is 2. The Morgan fingerprint density at radius 3 is 3.00 bits per heavy atom. The topological polar surface area (TPSA) is 41.1 Å². The summed E-state index contributed by atoms with van der Waals surface area (Å²) >= 11 is 1.69. The van der Waals surface area contributed by atoms with Gasteiger partial charge >= 0.3 is 0 Å². The van der Waals surface area contributed by atoms with Crippen LogP contribution in [0, 0.1) is 5.82 Å². The fourth-order valence-corrected chi connectivity index (χ4v) is 2.92. The summed E-state index contributed by atoms with van der Waals surface area (Å²) in [6, 6.07) is 4.50. The number of rotatable bonds is 7. The third-order valence-electron chi connectivity index (χ3n) is 3.42. The lowest BCUT2D eigenvalue weighted by molar-refractivity contribution is 0.599. The van der Waals surface area contributed by atoms with Crippen molar-refractivity contribution in [2.24, 2.45) is 0 Å². The minimum atomic E-state index is -0.347. The van der Waals surface area contributed by atoms with Crippen LogP contribution in [0.15, 0.2) is 23.7 Å². The van der Waals surface area contributed by atoms with Crippen molar-refractivity contribution in [3.8, 4) is 0 Å². The molecule has 1 aliphatic rings. The van der Waals surface area contributed by atoms with Crippen molar-refractivity contribution in [1.29, 1.82) is 0 Å². The van der Waals surface area contributed by atoms with Gasteiger partial charge in [0.2, 0.25) is 5.95 Å². The summed E-state index contributed by atoms with van der Waals surface area (Å²) in [6.07, 6.45) is 4.46. The van der Waals surface area contributed by atoms with Gasteiger partial charge in [-0.25, -0.2) is 9.37 Å². The molecule has 2 aromatic heterocycles. The Kier molecular flexibility index (Phi) is 4.34. The van der Waals surface area contributed by atoms with Gasteiger partial charge in [0, 0.05) is 17.5 Å². The van der Waals surface area contributed by atoms with Crippen LogP contribution in [0.4, 0.5) is 16.2 Å². The maximum absolute atomic E-state index is 14.2. The molecule has 112 valence electrons. The predicted octanol–water partition coefficient (Wildman–Crippen LogP) is 3.67. The Morgan fingerprint density at radius 2 is 2.33 bits per heavy atom. The molecule has 1 saturated carbocycles. The minimum Gasteiger partial charge on any atom is -0.354 e. The second kappa shape index (κ2) is 6.39. The number of aromatic nitrogens is 2. The number of halogens is 1. The first-order chi connectivity index (χ1) is 10.3. The zero-order valence-corrected chi connectivity index (χ0v) is 12.9. The van der Waals surface area contributed by atoms with Gasteiger partial charge in [-0.1, -0.05) is 13.0 Å². The van der Waals surface area contributed by atoms with E-state index < -0.39 is 0 Å². The van der Waals surface area contributed by atoms with Gasteiger partial charge in [-0.3, -0.25) is 0 Å². The van der Waals surface area contributed by atoms with E-state index in [4.69, 9.17) is 0 Å². The molecule has 0 aromatic carbocycles. The van der Waals surface area contributed by atoms with E-state index >= 15 is 0 Å². The Morgan fingerprint density at radius 1 is 1.48 bits per heavy atom. The summed E-state index contributed by atoms with van der Waals surface area (Å²) in [6.45, 7) is 3.58. The van der Waals surface area contributed by atoms with E-state index in [2.05, 4.69) is 33.2 Å². The van der Waals surface area contributed by atoms with E-state index in [1.165, 1.54) is 11.1 Å². The van der Waals surface area contributed by atoms with E-state index in [-0.39, 0.29) is 5.82 Å². The van der Waals surface area contributed by atoms with E-state index in [1.54, 1.807) is 11.3 Å². The SMILES string of the molecule is CCCNc1ncc(F)c(N(Cc2cccs2)C2CC2)n1. The van der Waals surface area contributed by atoms with Crippen LogP contribution in [0.5, 0.6) is 0 Å². The zero-order valence-electron chi connectivity index (χ0n) is 12.1. The Balaban J connectivity index is 1.84. The molecule has 1 N–H and O–H groups in total. The molecule has 0 unspecified atom stereocenters. The standard InChI is InChI=1S/C15H19FN4S/c1-2-7-17-15-18-9-13(16)14(19-15)20(11-5-6-11)10-12-4-3-8-21-12/h3-4,8-9,11H,2,5-7,10H2,1H3,(H,17,18,19). The average molecular weight is 306 g/mol. The molecular formula is C15H19FN4S. The third-order valence-corrected chi connectivity index (χ3v) is 4.29. The van der Waals surface area contributed by atoms with Crippen LogP contribution in [0.1, 0.15) is 31.1 Å². The zero-order chi connectivity index (χ0) is 14.7. The van der Waals surface area contributed by atoms with Gasteiger partial charge in [-0.15, -0.1) is 11.3 Å². The molecule has 2 heterocycles. The van der Waals surface area contributed by atoms with Crippen molar-refractivity contribution in [3.63, 3.8) is 0 Å². The molecule has 0 spiro atoms. The molecule has 1 aliphatic carbocycles. The molecule has 1 fully saturated rings. The van der Waals surface area contributed by atoms with E-state index in [1.807, 2.05) is 11.4 Å². The molecular weight excluding hydrogens is 287 g/mol. The molecule has 3 rings (SSSR count). The van der Waals surface area contributed by atoms with Gasteiger partial charge in [-0.05, 0) is 30.7 Å². The van der Waals surface area contributed by atoms with Crippen molar-refractivity contribution in [2.75, 3.05) is 16.8 Å². The van der Waals surface area contributed by atoms with E-state index in [0.29, 0.717) is 24.4 Å². The first-order valence-electron chi connectivity index (χ1n) is 7.33. The Bertz CT molecular complexity index is 583. The fraction of sp³-hybridized carbons (Fsp3) is 0.467. The van der Waals surface area contributed by atoms with Crippen molar-refractivity contribution < 1.29 is 4.39 Å². The monoisotopic (exact) mass is 306 g/mol. The Labute approximate surface area is 128 Å². The van der Waals surface area contributed by atoms with Crippen LogP contribution < -0.4 is 10.2 Å². The van der Waals surface area contributed by atoms with Gasteiger partial charge in [0.05, 0.1) is 12.7 Å². The molecule has 21 heavy (non-hydrogen) atoms. The van der Waals surface area contributed by atoms with Gasteiger partial charge in [0.25, 0.3) is 0 Å². The number of hydrogen-bond acceptors (Lipinski definition) is 5. The summed E-state index contributed by atoms with van der Waals surface area (Å²) in [7, 11) is 0. The quantitative estimate of drug-likeness (QED) is 0.847.